The molecule has 3 heteroatoms. The monoisotopic (exact) mass is 315 g/mol. The summed E-state index contributed by atoms with van der Waals surface area (Å²) in [5.74, 6) is 0.192. The third-order valence-corrected chi connectivity index (χ3v) is 3.63. The topological polar surface area (TPSA) is 39.2 Å². The minimum Gasteiger partial charge on any atom is -0.423 e. The molecule has 1 aromatic heterocycles. The second-order valence-electron chi connectivity index (χ2n) is 5.39. The lowest BCUT2D eigenvalue weighted by molar-refractivity contribution is 0.0734. The zero-order valence-electron chi connectivity index (χ0n) is 13.3. The van der Waals surface area contributed by atoms with Gasteiger partial charge in [0.25, 0.3) is 0 Å². The van der Waals surface area contributed by atoms with Crippen molar-refractivity contribution < 1.29 is 9.53 Å². The van der Waals surface area contributed by atoms with Crippen LogP contribution in [0.1, 0.15) is 27.0 Å². The van der Waals surface area contributed by atoms with Crippen LogP contribution in [0.4, 0.5) is 0 Å². The number of hydrogen-bond acceptors (Lipinski definition) is 3. The van der Waals surface area contributed by atoms with Gasteiger partial charge in [-0.25, -0.2) is 4.79 Å². The first kappa shape index (κ1) is 15.7. The molecule has 0 aliphatic carbocycles. The van der Waals surface area contributed by atoms with Crippen LogP contribution in [0.3, 0.4) is 0 Å². The fourth-order valence-corrected chi connectivity index (χ4v) is 2.28. The van der Waals surface area contributed by atoms with Crippen LogP contribution in [0.5, 0.6) is 5.75 Å². The highest BCUT2D eigenvalue weighted by Crippen LogP contribution is 2.17. The number of esters is 1. The summed E-state index contributed by atoms with van der Waals surface area (Å²) in [4.78, 5) is 16.2. The van der Waals surface area contributed by atoms with Gasteiger partial charge in [0.15, 0.2) is 0 Å². The van der Waals surface area contributed by atoms with Crippen molar-refractivity contribution in [2.24, 2.45) is 0 Å². The number of pyridine rings is 1. The minimum absolute atomic E-state index is 0.340. The van der Waals surface area contributed by atoms with Crippen molar-refractivity contribution in [3.63, 3.8) is 0 Å². The maximum atomic E-state index is 12.2. The Bertz CT molecular complexity index is 853. The highest BCUT2D eigenvalue weighted by Gasteiger charge is 2.10. The predicted molar refractivity (Wildman–Crippen MR) is 95.7 cm³/mol. The zero-order chi connectivity index (χ0) is 16.8. The molecule has 0 aliphatic rings. The van der Waals surface area contributed by atoms with Crippen molar-refractivity contribution >= 4 is 18.1 Å². The Kier molecular flexibility index (Phi) is 4.82. The molecule has 1 heterocycles. The van der Waals surface area contributed by atoms with Gasteiger partial charge in [0.1, 0.15) is 5.75 Å². The first-order chi connectivity index (χ1) is 11.7. The quantitative estimate of drug-likeness (QED) is 0.514. The van der Waals surface area contributed by atoms with E-state index in [1.165, 1.54) is 0 Å². The highest BCUT2D eigenvalue weighted by atomic mass is 16.5. The maximum Gasteiger partial charge on any atom is 0.343 e. The Labute approximate surface area is 141 Å². The summed E-state index contributed by atoms with van der Waals surface area (Å²) in [5.41, 5.74) is 3.60. The van der Waals surface area contributed by atoms with E-state index >= 15 is 0 Å². The van der Waals surface area contributed by atoms with Gasteiger partial charge in [0.2, 0.25) is 0 Å². The standard InChI is InChI=1S/C21H17NO2/c1-16-4-2-3-5-20(16)21(23)24-19-10-8-17(9-11-19)6-7-18-12-14-22-15-13-18/h2-15H,1H3/b7-6+. The molecule has 0 unspecified atom stereocenters. The number of aryl methyl sites for hydroxylation is 1. The molecule has 0 atom stereocenters. The molecule has 0 fully saturated rings. The van der Waals surface area contributed by atoms with E-state index < -0.39 is 0 Å². The third-order valence-electron chi connectivity index (χ3n) is 3.63. The normalized spacial score (nSPS) is 10.7. The Morgan fingerprint density at radius 1 is 0.875 bits per heavy atom. The fourth-order valence-electron chi connectivity index (χ4n) is 2.28. The summed E-state index contributed by atoms with van der Waals surface area (Å²) in [5, 5.41) is 0. The van der Waals surface area contributed by atoms with Gasteiger partial charge in [-0.05, 0) is 53.9 Å². The Morgan fingerprint density at radius 3 is 2.17 bits per heavy atom. The van der Waals surface area contributed by atoms with E-state index in [2.05, 4.69) is 4.98 Å². The molecule has 3 rings (SSSR count). The van der Waals surface area contributed by atoms with E-state index in [9.17, 15) is 4.79 Å². The van der Waals surface area contributed by atoms with E-state index in [4.69, 9.17) is 4.74 Å². The van der Waals surface area contributed by atoms with Crippen LogP contribution in [0.2, 0.25) is 0 Å². The number of nitrogens with zero attached hydrogens (tertiary/aromatic N) is 1. The SMILES string of the molecule is Cc1ccccc1C(=O)Oc1ccc(/C=C/c2ccncc2)cc1. The Hall–Kier alpha value is -3.20. The van der Waals surface area contributed by atoms with Gasteiger partial charge in [-0.3, -0.25) is 4.98 Å². The van der Waals surface area contributed by atoms with Crippen LogP contribution in [-0.2, 0) is 0 Å². The number of rotatable bonds is 4. The van der Waals surface area contributed by atoms with Gasteiger partial charge in [-0.2, -0.15) is 0 Å². The van der Waals surface area contributed by atoms with Crippen LogP contribution in [0, 0.1) is 6.92 Å². The molecule has 0 aliphatic heterocycles. The Morgan fingerprint density at radius 2 is 1.50 bits per heavy atom. The van der Waals surface area contributed by atoms with Crippen LogP contribution in [0.25, 0.3) is 12.2 Å². The number of carbonyl (C=O) groups excluding carboxylic acids is 1. The molecular formula is C21H17NO2. The summed E-state index contributed by atoms with van der Waals surface area (Å²) in [7, 11) is 0. The molecule has 0 amide bonds. The van der Waals surface area contributed by atoms with Gasteiger partial charge < -0.3 is 4.74 Å². The molecule has 0 N–H and O–H groups in total. The predicted octanol–water partition coefficient (Wildman–Crippen LogP) is 4.78. The highest BCUT2D eigenvalue weighted by molar-refractivity contribution is 5.92. The lowest BCUT2D eigenvalue weighted by atomic mass is 10.1. The van der Waals surface area contributed by atoms with E-state index in [1.807, 2.05) is 61.5 Å². The van der Waals surface area contributed by atoms with Gasteiger partial charge in [-0.15, -0.1) is 0 Å². The average Bonchev–Trinajstić information content (AvgIpc) is 2.62. The molecule has 0 spiro atoms. The van der Waals surface area contributed by atoms with Crippen molar-refractivity contribution in [2.75, 3.05) is 0 Å². The first-order valence-corrected chi connectivity index (χ1v) is 7.68. The molecule has 2 aromatic carbocycles. The van der Waals surface area contributed by atoms with Crippen LogP contribution in [0.15, 0.2) is 73.1 Å². The van der Waals surface area contributed by atoms with E-state index in [1.54, 1.807) is 30.6 Å². The van der Waals surface area contributed by atoms with Crippen molar-refractivity contribution in [3.8, 4) is 5.75 Å². The summed E-state index contributed by atoms with van der Waals surface area (Å²) in [6.45, 7) is 1.89. The fraction of sp³-hybridized carbons (Fsp3) is 0.0476. The summed E-state index contributed by atoms with van der Waals surface area (Å²) < 4.78 is 5.43. The summed E-state index contributed by atoms with van der Waals surface area (Å²) >= 11 is 0. The van der Waals surface area contributed by atoms with E-state index in [0.29, 0.717) is 11.3 Å². The lowest BCUT2D eigenvalue weighted by Crippen LogP contribution is -2.09. The number of carbonyl (C=O) groups is 1. The molecule has 118 valence electrons. The molecule has 0 saturated carbocycles. The first-order valence-electron chi connectivity index (χ1n) is 7.68. The Balaban J connectivity index is 1.68. The number of ether oxygens (including phenoxy) is 1. The molecule has 0 radical (unpaired) electrons. The van der Waals surface area contributed by atoms with Gasteiger partial charge in [0, 0.05) is 12.4 Å². The second kappa shape index (κ2) is 7.38. The van der Waals surface area contributed by atoms with Gasteiger partial charge >= 0.3 is 5.97 Å². The number of hydrogen-bond donors (Lipinski definition) is 0. The molecular weight excluding hydrogens is 298 g/mol. The van der Waals surface area contributed by atoms with Gasteiger partial charge in [0.05, 0.1) is 5.56 Å². The lowest BCUT2D eigenvalue weighted by Gasteiger charge is -2.06. The van der Waals surface area contributed by atoms with Crippen molar-refractivity contribution in [2.45, 2.75) is 6.92 Å². The number of aromatic nitrogens is 1. The van der Waals surface area contributed by atoms with Crippen LogP contribution < -0.4 is 4.74 Å². The van der Waals surface area contributed by atoms with Crippen molar-refractivity contribution in [1.29, 1.82) is 0 Å². The molecule has 24 heavy (non-hydrogen) atoms. The van der Waals surface area contributed by atoms with Crippen LogP contribution in [-0.4, -0.2) is 11.0 Å². The van der Waals surface area contributed by atoms with Crippen molar-refractivity contribution in [3.05, 3.63) is 95.3 Å². The van der Waals surface area contributed by atoms with Crippen LogP contribution >= 0.6 is 0 Å². The summed E-state index contributed by atoms with van der Waals surface area (Å²) in [6, 6.07) is 18.7. The van der Waals surface area contributed by atoms with E-state index in [-0.39, 0.29) is 5.97 Å². The third kappa shape index (κ3) is 3.96. The van der Waals surface area contributed by atoms with Crippen molar-refractivity contribution in [1.82, 2.24) is 4.98 Å². The smallest absolute Gasteiger partial charge is 0.343 e. The molecule has 0 saturated heterocycles. The number of benzene rings is 2. The largest absolute Gasteiger partial charge is 0.423 e. The second-order valence-corrected chi connectivity index (χ2v) is 5.39. The maximum absolute atomic E-state index is 12.2. The molecule has 3 aromatic rings. The zero-order valence-corrected chi connectivity index (χ0v) is 13.3. The molecule has 0 bridgehead atoms. The summed E-state index contributed by atoms with van der Waals surface area (Å²) in [6.07, 6.45) is 7.53. The molecule has 3 nitrogen and oxygen atoms in total. The minimum atomic E-state index is -0.340. The average molecular weight is 315 g/mol. The van der Waals surface area contributed by atoms with E-state index in [0.717, 1.165) is 16.7 Å². The van der Waals surface area contributed by atoms with Gasteiger partial charge in [-0.1, -0.05) is 42.5 Å².